The molecule has 5 nitrogen and oxygen atoms in total. The monoisotopic (exact) mass is 291 g/mol. The maximum absolute atomic E-state index is 11.3. The first-order valence-electron chi connectivity index (χ1n) is 6.12. The van der Waals surface area contributed by atoms with Crippen LogP contribution in [0.3, 0.4) is 0 Å². The van der Waals surface area contributed by atoms with E-state index in [0.29, 0.717) is 5.69 Å². The van der Waals surface area contributed by atoms with E-state index in [4.69, 9.17) is 0 Å². The summed E-state index contributed by atoms with van der Waals surface area (Å²) in [4.78, 5) is 4.36. The Balaban J connectivity index is 2.29. The van der Waals surface area contributed by atoms with E-state index < -0.39 is 10.0 Å². The summed E-state index contributed by atoms with van der Waals surface area (Å²) in [6.07, 6.45) is 1.13. The van der Waals surface area contributed by atoms with E-state index in [2.05, 4.69) is 15.0 Å². The number of pyridine rings is 1. The zero-order valence-electron chi connectivity index (χ0n) is 11.6. The molecule has 1 aromatic carbocycles. The van der Waals surface area contributed by atoms with Gasteiger partial charge in [-0.2, -0.15) is 0 Å². The van der Waals surface area contributed by atoms with Crippen molar-refractivity contribution in [2.75, 3.05) is 16.3 Å². The maximum Gasteiger partial charge on any atom is 0.229 e. The fourth-order valence-electron chi connectivity index (χ4n) is 1.78. The molecule has 2 rings (SSSR count). The van der Waals surface area contributed by atoms with Crippen LogP contribution < -0.4 is 10.0 Å². The van der Waals surface area contributed by atoms with Gasteiger partial charge in [0.15, 0.2) is 0 Å². The van der Waals surface area contributed by atoms with E-state index in [-0.39, 0.29) is 0 Å². The Morgan fingerprint density at radius 3 is 2.50 bits per heavy atom. The van der Waals surface area contributed by atoms with E-state index in [1.54, 1.807) is 12.1 Å². The molecule has 1 heterocycles. The van der Waals surface area contributed by atoms with E-state index in [0.717, 1.165) is 29.0 Å². The molecule has 0 aliphatic heterocycles. The minimum atomic E-state index is -3.28. The van der Waals surface area contributed by atoms with Crippen LogP contribution in [0.1, 0.15) is 11.3 Å². The van der Waals surface area contributed by atoms with Gasteiger partial charge >= 0.3 is 0 Å². The number of nitrogens with zero attached hydrogens (tertiary/aromatic N) is 1. The Bertz CT molecular complexity index is 727. The fourth-order valence-corrected chi connectivity index (χ4v) is 2.34. The van der Waals surface area contributed by atoms with Gasteiger partial charge < -0.3 is 5.32 Å². The van der Waals surface area contributed by atoms with Gasteiger partial charge in [-0.1, -0.05) is 12.1 Å². The van der Waals surface area contributed by atoms with Crippen LogP contribution in [0.5, 0.6) is 0 Å². The second-order valence-electron chi connectivity index (χ2n) is 4.69. The van der Waals surface area contributed by atoms with Crippen molar-refractivity contribution in [3.05, 3.63) is 47.7 Å². The van der Waals surface area contributed by atoms with Crippen LogP contribution in [0.4, 0.5) is 17.2 Å². The molecule has 0 spiro atoms. The van der Waals surface area contributed by atoms with E-state index >= 15 is 0 Å². The maximum atomic E-state index is 11.3. The largest absolute Gasteiger partial charge is 0.340 e. The van der Waals surface area contributed by atoms with E-state index in [9.17, 15) is 8.42 Å². The Labute approximate surface area is 119 Å². The summed E-state index contributed by atoms with van der Waals surface area (Å²) in [5, 5.41) is 3.19. The van der Waals surface area contributed by atoms with Crippen molar-refractivity contribution in [3.63, 3.8) is 0 Å². The second kappa shape index (κ2) is 5.50. The predicted molar refractivity (Wildman–Crippen MR) is 81.9 cm³/mol. The summed E-state index contributed by atoms with van der Waals surface area (Å²) >= 11 is 0. The number of hydrogen-bond acceptors (Lipinski definition) is 4. The first kappa shape index (κ1) is 14.3. The third-order valence-corrected chi connectivity index (χ3v) is 3.30. The lowest BCUT2D eigenvalue weighted by atomic mass is 10.2. The van der Waals surface area contributed by atoms with Crippen molar-refractivity contribution in [2.45, 2.75) is 13.8 Å². The molecule has 0 saturated carbocycles. The minimum absolute atomic E-state index is 0.522. The molecule has 0 aliphatic carbocycles. The third-order valence-electron chi connectivity index (χ3n) is 2.69. The van der Waals surface area contributed by atoms with Gasteiger partial charge in [0.25, 0.3) is 0 Å². The average Bonchev–Trinajstić information content (AvgIpc) is 2.32. The van der Waals surface area contributed by atoms with Crippen molar-refractivity contribution in [1.82, 2.24) is 4.98 Å². The number of rotatable bonds is 4. The number of nitrogens with one attached hydrogen (secondary N) is 2. The molecule has 1 aromatic heterocycles. The molecule has 0 aliphatic rings. The first-order valence-corrected chi connectivity index (χ1v) is 8.02. The highest BCUT2D eigenvalue weighted by Crippen LogP contribution is 2.24. The predicted octanol–water partition coefficient (Wildman–Crippen LogP) is 2.81. The van der Waals surface area contributed by atoms with Crippen molar-refractivity contribution >= 4 is 27.2 Å². The Hall–Kier alpha value is -2.08. The SMILES string of the molecule is Cc1cccc(Nc2cc(NS(C)(=O)=O)ccc2C)n1. The number of benzene rings is 1. The van der Waals surface area contributed by atoms with E-state index in [1.165, 1.54) is 0 Å². The topological polar surface area (TPSA) is 71.1 Å². The summed E-state index contributed by atoms with van der Waals surface area (Å²) in [6.45, 7) is 3.86. The molecule has 20 heavy (non-hydrogen) atoms. The molecule has 0 atom stereocenters. The smallest absolute Gasteiger partial charge is 0.229 e. The van der Waals surface area contributed by atoms with Crippen molar-refractivity contribution < 1.29 is 8.42 Å². The van der Waals surface area contributed by atoms with Crippen LogP contribution >= 0.6 is 0 Å². The van der Waals surface area contributed by atoms with Crippen molar-refractivity contribution in [2.24, 2.45) is 0 Å². The highest BCUT2D eigenvalue weighted by molar-refractivity contribution is 7.92. The molecule has 6 heteroatoms. The van der Waals surface area contributed by atoms with Crippen LogP contribution in [0, 0.1) is 13.8 Å². The zero-order chi connectivity index (χ0) is 14.8. The first-order chi connectivity index (χ1) is 9.33. The van der Waals surface area contributed by atoms with Crippen LogP contribution in [-0.4, -0.2) is 19.7 Å². The number of aromatic nitrogens is 1. The van der Waals surface area contributed by atoms with Gasteiger partial charge in [0.05, 0.1) is 11.9 Å². The quantitative estimate of drug-likeness (QED) is 0.908. The zero-order valence-corrected chi connectivity index (χ0v) is 12.5. The second-order valence-corrected chi connectivity index (χ2v) is 6.44. The number of hydrogen-bond donors (Lipinski definition) is 2. The highest BCUT2D eigenvalue weighted by Gasteiger charge is 2.05. The van der Waals surface area contributed by atoms with E-state index in [1.807, 2.05) is 38.1 Å². The van der Waals surface area contributed by atoms with Crippen molar-refractivity contribution in [1.29, 1.82) is 0 Å². The van der Waals surface area contributed by atoms with Gasteiger partial charge in [-0.25, -0.2) is 13.4 Å². The van der Waals surface area contributed by atoms with Gasteiger partial charge in [0.1, 0.15) is 5.82 Å². The minimum Gasteiger partial charge on any atom is -0.340 e. The van der Waals surface area contributed by atoms with Crippen molar-refractivity contribution in [3.8, 4) is 0 Å². The molecule has 106 valence electrons. The molecule has 2 aromatic rings. The van der Waals surface area contributed by atoms with Crippen LogP contribution in [0.2, 0.25) is 0 Å². The lowest BCUT2D eigenvalue weighted by Gasteiger charge is -2.12. The molecule has 0 bridgehead atoms. The number of aryl methyl sites for hydroxylation is 2. The number of sulfonamides is 1. The van der Waals surface area contributed by atoms with Gasteiger partial charge in [0.2, 0.25) is 10.0 Å². The molecule has 0 amide bonds. The van der Waals surface area contributed by atoms with Crippen LogP contribution in [0.25, 0.3) is 0 Å². The Morgan fingerprint density at radius 2 is 1.85 bits per heavy atom. The fraction of sp³-hybridized carbons (Fsp3) is 0.214. The molecule has 0 fully saturated rings. The molecule has 2 N–H and O–H groups in total. The van der Waals surface area contributed by atoms with Gasteiger partial charge in [-0.05, 0) is 43.7 Å². The summed E-state index contributed by atoms with van der Waals surface area (Å²) in [7, 11) is -3.28. The summed E-state index contributed by atoms with van der Waals surface area (Å²) in [5.41, 5.74) is 3.26. The summed E-state index contributed by atoms with van der Waals surface area (Å²) in [5.74, 6) is 0.726. The van der Waals surface area contributed by atoms with Gasteiger partial charge in [-0.15, -0.1) is 0 Å². The standard InChI is InChI=1S/C14H17N3O2S/c1-10-7-8-12(17-20(3,18)19)9-13(10)16-14-6-4-5-11(2)15-14/h4-9,17H,1-3H3,(H,15,16). The summed E-state index contributed by atoms with van der Waals surface area (Å²) < 4.78 is 25.0. The number of anilines is 3. The van der Waals surface area contributed by atoms with Gasteiger partial charge in [-0.3, -0.25) is 4.72 Å². The molecule has 0 unspecified atom stereocenters. The highest BCUT2D eigenvalue weighted by atomic mass is 32.2. The molecular formula is C14H17N3O2S. The Kier molecular flexibility index (Phi) is 3.94. The lowest BCUT2D eigenvalue weighted by Crippen LogP contribution is -2.09. The van der Waals surface area contributed by atoms with Crippen LogP contribution in [0.15, 0.2) is 36.4 Å². The molecule has 0 radical (unpaired) electrons. The van der Waals surface area contributed by atoms with Crippen LogP contribution in [-0.2, 0) is 10.0 Å². The molecule has 0 saturated heterocycles. The summed E-state index contributed by atoms with van der Waals surface area (Å²) in [6, 6.07) is 11.0. The average molecular weight is 291 g/mol. The van der Waals surface area contributed by atoms with Gasteiger partial charge in [0, 0.05) is 11.4 Å². The third kappa shape index (κ3) is 3.96. The lowest BCUT2D eigenvalue weighted by molar-refractivity contribution is 0.607. The molecular weight excluding hydrogens is 274 g/mol. The Morgan fingerprint density at radius 1 is 1.10 bits per heavy atom. The normalized spacial score (nSPS) is 11.2.